The highest BCUT2D eigenvalue weighted by Crippen LogP contribution is 2.26. The van der Waals surface area contributed by atoms with Crippen LogP contribution in [0.5, 0.6) is 5.75 Å². The molecule has 1 aliphatic heterocycles. The van der Waals surface area contributed by atoms with E-state index in [-0.39, 0.29) is 5.75 Å². The number of amides is 1. The maximum absolute atomic E-state index is 11.7. The quantitative estimate of drug-likeness (QED) is 0.502. The van der Waals surface area contributed by atoms with E-state index in [2.05, 4.69) is 5.32 Å². The minimum atomic E-state index is -1.94. The van der Waals surface area contributed by atoms with Crippen LogP contribution < -0.4 is 5.32 Å². The number of aliphatic hydroxyl groups is 2. The van der Waals surface area contributed by atoms with Crippen molar-refractivity contribution in [1.82, 2.24) is 5.32 Å². The van der Waals surface area contributed by atoms with E-state index in [1.807, 2.05) is 0 Å². The Morgan fingerprint density at radius 1 is 1.20 bits per heavy atom. The Morgan fingerprint density at radius 3 is 2.55 bits per heavy atom. The number of hydrogen-bond acceptors (Lipinski definition) is 6. The number of carbonyl (C=O) groups is 2. The maximum atomic E-state index is 11.7. The van der Waals surface area contributed by atoms with Crippen molar-refractivity contribution in [2.24, 2.45) is 0 Å². The zero-order chi connectivity index (χ0) is 14.9. The van der Waals surface area contributed by atoms with E-state index in [1.54, 1.807) is 19.1 Å². The van der Waals surface area contributed by atoms with E-state index in [0.717, 1.165) is 0 Å². The third-order valence-electron chi connectivity index (χ3n) is 3.08. The van der Waals surface area contributed by atoms with Crippen LogP contribution in [0.15, 0.2) is 24.3 Å². The lowest BCUT2D eigenvalue weighted by Crippen LogP contribution is -2.53. The molecular weight excluding hydrogens is 266 g/mol. The molecule has 108 valence electrons. The highest BCUT2D eigenvalue weighted by Gasteiger charge is 2.38. The second-order valence-electron chi connectivity index (χ2n) is 4.64. The number of carbonyl (C=O) groups excluding carboxylic acids is 2. The van der Waals surface area contributed by atoms with Gasteiger partial charge in [-0.3, -0.25) is 4.79 Å². The van der Waals surface area contributed by atoms with Crippen LogP contribution in [0.2, 0.25) is 0 Å². The second-order valence-corrected chi connectivity index (χ2v) is 4.64. The lowest BCUT2D eigenvalue weighted by molar-refractivity contribution is -0.174. The average Bonchev–Trinajstić information content (AvgIpc) is 2.41. The molecule has 0 bridgehead atoms. The van der Waals surface area contributed by atoms with Crippen LogP contribution in [-0.4, -0.2) is 45.4 Å². The van der Waals surface area contributed by atoms with Crippen LogP contribution in [0.4, 0.5) is 0 Å². The van der Waals surface area contributed by atoms with Crippen LogP contribution in [0, 0.1) is 0 Å². The number of aromatic hydroxyl groups is 1. The van der Waals surface area contributed by atoms with Gasteiger partial charge in [0.1, 0.15) is 11.9 Å². The number of cyclic esters (lactones) is 1. The van der Waals surface area contributed by atoms with Gasteiger partial charge in [-0.25, -0.2) is 4.79 Å². The SMILES string of the molecule is C[C@@H]1NC(=O)[C@@H](O)[C@@H](O)C(=O)O[C@H]1c1cccc(O)c1. The normalized spacial score (nSPS) is 30.9. The van der Waals surface area contributed by atoms with E-state index >= 15 is 0 Å². The van der Waals surface area contributed by atoms with Gasteiger partial charge in [0.05, 0.1) is 6.04 Å². The number of phenols is 1. The Hall–Kier alpha value is -2.12. The van der Waals surface area contributed by atoms with E-state index in [9.17, 15) is 24.9 Å². The summed E-state index contributed by atoms with van der Waals surface area (Å²) >= 11 is 0. The summed E-state index contributed by atoms with van der Waals surface area (Å²) in [5.41, 5.74) is 0.467. The van der Waals surface area contributed by atoms with Crippen molar-refractivity contribution in [3.63, 3.8) is 0 Å². The summed E-state index contributed by atoms with van der Waals surface area (Å²) in [6.07, 6.45) is -4.68. The summed E-state index contributed by atoms with van der Waals surface area (Å²) in [7, 11) is 0. The molecule has 1 aromatic rings. The number of esters is 1. The van der Waals surface area contributed by atoms with Crippen LogP contribution in [0.25, 0.3) is 0 Å². The largest absolute Gasteiger partial charge is 0.508 e. The summed E-state index contributed by atoms with van der Waals surface area (Å²) in [5.74, 6) is -1.96. The van der Waals surface area contributed by atoms with Gasteiger partial charge >= 0.3 is 5.97 Å². The van der Waals surface area contributed by atoms with Gasteiger partial charge in [0, 0.05) is 0 Å². The van der Waals surface area contributed by atoms with Crippen molar-refractivity contribution in [2.75, 3.05) is 0 Å². The fourth-order valence-corrected chi connectivity index (χ4v) is 2.01. The lowest BCUT2D eigenvalue weighted by atomic mass is 10.0. The summed E-state index contributed by atoms with van der Waals surface area (Å²) in [6, 6.07) is 5.40. The first-order chi connectivity index (χ1) is 9.40. The fraction of sp³-hybridized carbons (Fsp3) is 0.385. The molecule has 1 heterocycles. The summed E-state index contributed by atoms with van der Waals surface area (Å²) in [4.78, 5) is 23.3. The van der Waals surface area contributed by atoms with Crippen LogP contribution >= 0.6 is 0 Å². The minimum absolute atomic E-state index is 0.0141. The smallest absolute Gasteiger partial charge is 0.338 e. The lowest BCUT2D eigenvalue weighted by Gasteiger charge is -2.31. The predicted octanol–water partition coefficient (Wildman–Crippen LogP) is -0.783. The number of phenolic OH excluding ortho intramolecular Hbond substituents is 1. The molecule has 0 saturated carbocycles. The zero-order valence-corrected chi connectivity index (χ0v) is 10.7. The van der Waals surface area contributed by atoms with E-state index in [0.29, 0.717) is 5.56 Å². The first-order valence-electron chi connectivity index (χ1n) is 6.06. The highest BCUT2D eigenvalue weighted by atomic mass is 16.6. The van der Waals surface area contributed by atoms with Gasteiger partial charge in [-0.1, -0.05) is 12.1 Å². The number of aliphatic hydroxyl groups excluding tert-OH is 2. The predicted molar refractivity (Wildman–Crippen MR) is 66.6 cm³/mol. The third-order valence-corrected chi connectivity index (χ3v) is 3.08. The van der Waals surface area contributed by atoms with Crippen LogP contribution in [0.3, 0.4) is 0 Å². The number of rotatable bonds is 1. The van der Waals surface area contributed by atoms with Gasteiger partial charge in [0.2, 0.25) is 0 Å². The Labute approximate surface area is 114 Å². The number of hydrogen-bond donors (Lipinski definition) is 4. The number of benzene rings is 1. The summed E-state index contributed by atoms with van der Waals surface area (Å²) in [6.45, 7) is 1.59. The molecule has 1 aliphatic rings. The molecule has 7 nitrogen and oxygen atoms in total. The van der Waals surface area contributed by atoms with E-state index < -0.39 is 36.2 Å². The molecule has 1 amide bonds. The Morgan fingerprint density at radius 2 is 1.90 bits per heavy atom. The number of nitrogens with one attached hydrogen (secondary N) is 1. The van der Waals surface area contributed by atoms with Crippen molar-refractivity contribution < 1.29 is 29.6 Å². The van der Waals surface area contributed by atoms with E-state index in [4.69, 9.17) is 4.74 Å². The highest BCUT2D eigenvalue weighted by molar-refractivity contribution is 5.89. The first-order valence-corrected chi connectivity index (χ1v) is 6.06. The molecule has 1 aromatic carbocycles. The average molecular weight is 281 g/mol. The van der Waals surface area contributed by atoms with Crippen molar-refractivity contribution in [3.05, 3.63) is 29.8 Å². The van der Waals surface area contributed by atoms with Gasteiger partial charge in [0.15, 0.2) is 12.2 Å². The summed E-state index contributed by atoms with van der Waals surface area (Å²) in [5, 5.41) is 30.8. The molecule has 0 unspecified atom stereocenters. The first kappa shape index (κ1) is 14.3. The standard InChI is InChI=1S/C13H15NO6/c1-6-11(7-3-2-4-8(15)5-7)20-13(19)10(17)9(16)12(18)14-6/h2-6,9-11,15-17H,1H3,(H,14,18)/t6-,9-,10+,11+/m0/s1. The maximum Gasteiger partial charge on any atom is 0.338 e. The van der Waals surface area contributed by atoms with Crippen molar-refractivity contribution in [1.29, 1.82) is 0 Å². The molecule has 2 rings (SSSR count). The van der Waals surface area contributed by atoms with Gasteiger partial charge in [-0.2, -0.15) is 0 Å². The molecule has 4 N–H and O–H groups in total. The van der Waals surface area contributed by atoms with E-state index in [1.165, 1.54) is 12.1 Å². The molecule has 7 heteroatoms. The third kappa shape index (κ3) is 2.73. The Kier molecular flexibility index (Phi) is 3.91. The fourth-order valence-electron chi connectivity index (χ4n) is 2.01. The molecule has 0 aromatic heterocycles. The number of ether oxygens (including phenoxy) is 1. The topological polar surface area (TPSA) is 116 Å². The molecule has 0 aliphatic carbocycles. The minimum Gasteiger partial charge on any atom is -0.508 e. The molecule has 4 atom stereocenters. The van der Waals surface area contributed by atoms with Gasteiger partial charge in [-0.15, -0.1) is 0 Å². The van der Waals surface area contributed by atoms with Crippen LogP contribution in [-0.2, 0) is 14.3 Å². The van der Waals surface area contributed by atoms with Gasteiger partial charge in [0.25, 0.3) is 5.91 Å². The van der Waals surface area contributed by atoms with Crippen molar-refractivity contribution in [2.45, 2.75) is 31.3 Å². The zero-order valence-electron chi connectivity index (χ0n) is 10.7. The Balaban J connectivity index is 2.33. The molecule has 20 heavy (non-hydrogen) atoms. The van der Waals surface area contributed by atoms with Gasteiger partial charge in [-0.05, 0) is 24.6 Å². The van der Waals surface area contributed by atoms with Crippen molar-refractivity contribution >= 4 is 11.9 Å². The Bertz CT molecular complexity index is 531. The molecule has 0 radical (unpaired) electrons. The monoisotopic (exact) mass is 281 g/mol. The molecule has 0 spiro atoms. The molecule has 1 saturated heterocycles. The second kappa shape index (κ2) is 5.48. The van der Waals surface area contributed by atoms with Crippen LogP contribution in [0.1, 0.15) is 18.6 Å². The summed E-state index contributed by atoms with van der Waals surface area (Å²) < 4.78 is 5.10. The molecule has 1 fully saturated rings. The van der Waals surface area contributed by atoms with Gasteiger partial charge < -0.3 is 25.4 Å². The van der Waals surface area contributed by atoms with Crippen molar-refractivity contribution in [3.8, 4) is 5.75 Å². The molecular formula is C13H15NO6.